The van der Waals surface area contributed by atoms with Gasteiger partial charge in [0.1, 0.15) is 6.04 Å². The van der Waals surface area contributed by atoms with Gasteiger partial charge < -0.3 is 15.5 Å². The predicted molar refractivity (Wildman–Crippen MR) is 105 cm³/mol. The summed E-state index contributed by atoms with van der Waals surface area (Å²) in [5.41, 5.74) is 0.516. The summed E-state index contributed by atoms with van der Waals surface area (Å²) < 4.78 is 0. The van der Waals surface area contributed by atoms with Crippen LogP contribution in [0.2, 0.25) is 5.02 Å². The average Bonchev–Trinajstić information content (AvgIpc) is 2.66. The van der Waals surface area contributed by atoms with Crippen LogP contribution >= 0.6 is 11.6 Å². The number of nitrogens with one attached hydrogen (secondary N) is 2. The summed E-state index contributed by atoms with van der Waals surface area (Å²) in [6, 6.07) is 6.23. The van der Waals surface area contributed by atoms with E-state index in [2.05, 4.69) is 10.6 Å². The molecule has 0 aromatic heterocycles. The molecule has 1 heterocycles. The smallest absolute Gasteiger partial charge is 0.251 e. The van der Waals surface area contributed by atoms with Crippen LogP contribution < -0.4 is 10.6 Å². The lowest BCUT2D eigenvalue weighted by Gasteiger charge is -2.36. The average molecular weight is 380 g/mol. The maximum atomic E-state index is 13.1. The number of amides is 2. The van der Waals surface area contributed by atoms with E-state index in [0.717, 1.165) is 38.9 Å². The van der Waals surface area contributed by atoms with Gasteiger partial charge >= 0.3 is 0 Å². The molecule has 0 radical (unpaired) electrons. The van der Waals surface area contributed by atoms with Gasteiger partial charge in [-0.25, -0.2) is 0 Å². The van der Waals surface area contributed by atoms with Crippen LogP contribution in [0.1, 0.15) is 43.5 Å². The lowest BCUT2D eigenvalue weighted by atomic mass is 9.93. The fourth-order valence-corrected chi connectivity index (χ4v) is 3.55. The first-order valence-corrected chi connectivity index (χ1v) is 9.83. The van der Waals surface area contributed by atoms with E-state index >= 15 is 0 Å². The molecule has 144 valence electrons. The van der Waals surface area contributed by atoms with Crippen molar-refractivity contribution in [2.24, 2.45) is 11.8 Å². The van der Waals surface area contributed by atoms with Crippen LogP contribution in [0.5, 0.6) is 0 Å². The van der Waals surface area contributed by atoms with E-state index in [0.29, 0.717) is 16.5 Å². The number of rotatable bonds is 7. The Balaban J connectivity index is 2.09. The van der Waals surface area contributed by atoms with E-state index in [9.17, 15) is 9.59 Å². The molecule has 1 aliphatic heterocycles. The van der Waals surface area contributed by atoms with Gasteiger partial charge in [0, 0.05) is 23.7 Å². The Morgan fingerprint density at radius 1 is 1.31 bits per heavy atom. The Kier molecular flexibility index (Phi) is 7.91. The highest BCUT2D eigenvalue weighted by molar-refractivity contribution is 6.30. The molecule has 6 heteroatoms. The van der Waals surface area contributed by atoms with E-state index in [1.54, 1.807) is 24.3 Å². The minimum Gasteiger partial charge on any atom is -0.341 e. The van der Waals surface area contributed by atoms with E-state index in [-0.39, 0.29) is 17.7 Å². The number of carbonyl (C=O) groups is 2. The van der Waals surface area contributed by atoms with Crippen molar-refractivity contribution >= 4 is 23.4 Å². The first kappa shape index (κ1) is 20.7. The van der Waals surface area contributed by atoms with Crippen molar-refractivity contribution in [3.63, 3.8) is 0 Å². The molecule has 3 atom stereocenters. The van der Waals surface area contributed by atoms with Gasteiger partial charge in [0.2, 0.25) is 5.91 Å². The van der Waals surface area contributed by atoms with Crippen molar-refractivity contribution < 1.29 is 9.59 Å². The molecule has 0 aliphatic carbocycles. The summed E-state index contributed by atoms with van der Waals surface area (Å²) in [4.78, 5) is 27.7. The van der Waals surface area contributed by atoms with Gasteiger partial charge in [-0.2, -0.15) is 0 Å². The molecule has 1 aliphatic rings. The lowest BCUT2D eigenvalue weighted by Crippen LogP contribution is -2.54. The highest BCUT2D eigenvalue weighted by Gasteiger charge is 2.32. The van der Waals surface area contributed by atoms with E-state index in [1.165, 1.54) is 0 Å². The molecular weight excluding hydrogens is 350 g/mol. The number of halogens is 1. The molecule has 2 rings (SSSR count). The van der Waals surface area contributed by atoms with Gasteiger partial charge in [0.05, 0.1) is 0 Å². The van der Waals surface area contributed by atoms with Gasteiger partial charge in [0.25, 0.3) is 5.91 Å². The summed E-state index contributed by atoms with van der Waals surface area (Å²) in [6.07, 6.45) is 2.97. The Hall–Kier alpha value is -1.59. The van der Waals surface area contributed by atoms with Gasteiger partial charge in [-0.3, -0.25) is 9.59 Å². The molecule has 2 N–H and O–H groups in total. The lowest BCUT2D eigenvalue weighted by molar-refractivity contribution is -0.136. The predicted octanol–water partition coefficient (Wildman–Crippen LogP) is 2.94. The molecule has 0 spiro atoms. The second kappa shape index (κ2) is 9.93. The number of carbonyl (C=O) groups excluding carboxylic acids is 2. The fourth-order valence-electron chi connectivity index (χ4n) is 3.43. The summed E-state index contributed by atoms with van der Waals surface area (Å²) in [6.45, 7) is 6.49. The van der Waals surface area contributed by atoms with Gasteiger partial charge in [-0.05, 0) is 62.5 Å². The van der Waals surface area contributed by atoms with Crippen LogP contribution in [0.25, 0.3) is 0 Å². The Labute approximate surface area is 161 Å². The van der Waals surface area contributed by atoms with E-state index in [1.807, 2.05) is 25.8 Å². The maximum absolute atomic E-state index is 13.1. The number of nitrogens with zero attached hydrogens (tertiary/aromatic N) is 1. The Morgan fingerprint density at radius 3 is 2.62 bits per heavy atom. The van der Waals surface area contributed by atoms with Gasteiger partial charge in [-0.1, -0.05) is 31.9 Å². The van der Waals surface area contributed by atoms with Crippen molar-refractivity contribution in [3.05, 3.63) is 34.9 Å². The van der Waals surface area contributed by atoms with Gasteiger partial charge in [0.15, 0.2) is 0 Å². The van der Waals surface area contributed by atoms with Crippen molar-refractivity contribution in [2.45, 2.75) is 39.2 Å². The SMILES string of the molecule is CCC(C)C(NC(=O)c1ccc(Cl)cc1)C(=O)N1CCCC(CNC)C1. The molecule has 0 saturated carbocycles. The van der Waals surface area contributed by atoms with E-state index in [4.69, 9.17) is 11.6 Å². The number of likely N-dealkylation sites (tertiary alicyclic amines) is 1. The third-order valence-electron chi connectivity index (χ3n) is 5.20. The molecule has 5 nitrogen and oxygen atoms in total. The molecule has 3 unspecified atom stereocenters. The minimum atomic E-state index is -0.503. The fraction of sp³-hybridized carbons (Fsp3) is 0.600. The third kappa shape index (κ3) is 5.45. The van der Waals surface area contributed by atoms with E-state index < -0.39 is 6.04 Å². The minimum absolute atomic E-state index is 0.0301. The first-order chi connectivity index (χ1) is 12.5. The van der Waals surface area contributed by atoms with Crippen LogP contribution in [-0.4, -0.2) is 49.4 Å². The second-order valence-electron chi connectivity index (χ2n) is 7.19. The normalized spacial score (nSPS) is 19.7. The van der Waals surface area contributed by atoms with Crippen molar-refractivity contribution in [1.82, 2.24) is 15.5 Å². The zero-order valence-electron chi connectivity index (χ0n) is 15.9. The molecule has 0 bridgehead atoms. The molecule has 1 aromatic carbocycles. The van der Waals surface area contributed by atoms with Crippen LogP contribution in [-0.2, 0) is 4.79 Å². The van der Waals surface area contributed by atoms with Crippen molar-refractivity contribution in [3.8, 4) is 0 Å². The molecule has 1 aromatic rings. The van der Waals surface area contributed by atoms with Crippen LogP contribution in [0.4, 0.5) is 0 Å². The first-order valence-electron chi connectivity index (χ1n) is 9.46. The Morgan fingerprint density at radius 2 is 2.00 bits per heavy atom. The summed E-state index contributed by atoms with van der Waals surface area (Å²) in [5, 5.41) is 6.74. The number of hydrogen-bond acceptors (Lipinski definition) is 3. The van der Waals surface area contributed by atoms with Crippen LogP contribution in [0, 0.1) is 11.8 Å². The molecule has 26 heavy (non-hydrogen) atoms. The zero-order chi connectivity index (χ0) is 19.1. The van der Waals surface area contributed by atoms with Gasteiger partial charge in [-0.15, -0.1) is 0 Å². The highest BCUT2D eigenvalue weighted by atomic mass is 35.5. The second-order valence-corrected chi connectivity index (χ2v) is 7.63. The number of benzene rings is 1. The summed E-state index contributed by atoms with van der Waals surface area (Å²) >= 11 is 5.89. The molecule has 2 amide bonds. The number of piperidine rings is 1. The third-order valence-corrected chi connectivity index (χ3v) is 5.45. The monoisotopic (exact) mass is 379 g/mol. The molecule has 1 saturated heterocycles. The summed E-state index contributed by atoms with van der Waals surface area (Å²) in [7, 11) is 1.94. The summed E-state index contributed by atoms with van der Waals surface area (Å²) in [5.74, 6) is 0.345. The van der Waals surface area contributed by atoms with Crippen molar-refractivity contribution in [1.29, 1.82) is 0 Å². The van der Waals surface area contributed by atoms with Crippen LogP contribution in [0.15, 0.2) is 24.3 Å². The molecular formula is C20H30ClN3O2. The van der Waals surface area contributed by atoms with Crippen LogP contribution in [0.3, 0.4) is 0 Å². The largest absolute Gasteiger partial charge is 0.341 e. The highest BCUT2D eigenvalue weighted by Crippen LogP contribution is 2.20. The maximum Gasteiger partial charge on any atom is 0.251 e. The quantitative estimate of drug-likeness (QED) is 0.765. The van der Waals surface area contributed by atoms with Crippen molar-refractivity contribution in [2.75, 3.05) is 26.7 Å². The standard InChI is InChI=1S/C20H30ClN3O2/c1-4-14(2)18(23-19(25)16-7-9-17(21)10-8-16)20(26)24-11-5-6-15(13-24)12-22-3/h7-10,14-15,18,22H,4-6,11-13H2,1-3H3,(H,23,25). The molecule has 1 fully saturated rings. The topological polar surface area (TPSA) is 61.4 Å². The number of hydrogen-bond donors (Lipinski definition) is 2. The Bertz CT molecular complexity index is 604. The zero-order valence-corrected chi connectivity index (χ0v) is 16.7.